The molecule has 1 heteroatoms. The third-order valence-electron chi connectivity index (χ3n) is 4.99. The molecule has 3 rings (SSSR count). The van der Waals surface area contributed by atoms with Crippen LogP contribution < -0.4 is 0 Å². The first-order valence-corrected chi connectivity index (χ1v) is 6.85. The Bertz CT molecular complexity index is 541. The van der Waals surface area contributed by atoms with Gasteiger partial charge in [-0.3, -0.25) is 4.79 Å². The molecule has 0 fully saturated rings. The van der Waals surface area contributed by atoms with Gasteiger partial charge in [0.1, 0.15) is 0 Å². The molecule has 3 atom stereocenters. The molecule has 2 aliphatic carbocycles. The lowest BCUT2D eigenvalue weighted by Gasteiger charge is -2.46. The number of hydrogen-bond acceptors (Lipinski definition) is 1. The molecular weight excluding hydrogens is 220 g/mol. The van der Waals surface area contributed by atoms with Crippen molar-refractivity contribution in [3.8, 4) is 0 Å². The molecule has 0 radical (unpaired) electrons. The van der Waals surface area contributed by atoms with Gasteiger partial charge in [-0.2, -0.15) is 0 Å². The summed E-state index contributed by atoms with van der Waals surface area (Å²) in [6.45, 7) is 6.54. The molecule has 1 nitrogen and oxygen atoms in total. The Morgan fingerprint density at radius 3 is 2.89 bits per heavy atom. The molecule has 0 amide bonds. The monoisotopic (exact) mass is 240 g/mol. The molecule has 18 heavy (non-hydrogen) atoms. The van der Waals surface area contributed by atoms with E-state index in [4.69, 9.17) is 0 Å². The number of rotatable bonds is 0. The van der Waals surface area contributed by atoms with Crippen molar-refractivity contribution in [2.45, 2.75) is 39.0 Å². The molecule has 0 saturated carbocycles. The van der Waals surface area contributed by atoms with Crippen molar-refractivity contribution in [1.29, 1.82) is 0 Å². The van der Waals surface area contributed by atoms with Gasteiger partial charge in [0.05, 0.1) is 0 Å². The van der Waals surface area contributed by atoms with Gasteiger partial charge in [0.2, 0.25) is 0 Å². The maximum absolute atomic E-state index is 11.9. The lowest BCUT2D eigenvalue weighted by atomic mass is 9.57. The third-order valence-corrected chi connectivity index (χ3v) is 4.99. The summed E-state index contributed by atoms with van der Waals surface area (Å²) in [6.07, 6.45) is 6.20. The molecule has 1 aromatic rings. The second-order valence-electron chi connectivity index (χ2n) is 6.11. The van der Waals surface area contributed by atoms with E-state index in [-0.39, 0.29) is 11.3 Å². The molecule has 0 aromatic heterocycles. The van der Waals surface area contributed by atoms with E-state index in [1.54, 1.807) is 6.08 Å². The van der Waals surface area contributed by atoms with Crippen LogP contribution >= 0.6 is 0 Å². The molecule has 3 unspecified atom stereocenters. The van der Waals surface area contributed by atoms with Crippen LogP contribution in [0.3, 0.4) is 0 Å². The molecule has 94 valence electrons. The standard InChI is InChI=1S/C17H20O/c1-11-4-5-13-6-7-14-12(2)16(18)8-9-17(14,3)15(13)10-11/h4-5,8-10,12,14H,6-7H2,1-3H3. The van der Waals surface area contributed by atoms with Crippen molar-refractivity contribution in [3.63, 3.8) is 0 Å². The highest BCUT2D eigenvalue weighted by atomic mass is 16.1. The van der Waals surface area contributed by atoms with Crippen molar-refractivity contribution in [1.82, 2.24) is 0 Å². The van der Waals surface area contributed by atoms with E-state index in [0.717, 1.165) is 12.8 Å². The normalized spacial score (nSPS) is 34.1. The van der Waals surface area contributed by atoms with E-state index >= 15 is 0 Å². The second-order valence-corrected chi connectivity index (χ2v) is 6.11. The summed E-state index contributed by atoms with van der Waals surface area (Å²) in [5.41, 5.74) is 4.26. The number of carbonyl (C=O) groups is 1. The highest BCUT2D eigenvalue weighted by Gasteiger charge is 2.45. The Morgan fingerprint density at radius 2 is 2.11 bits per heavy atom. The van der Waals surface area contributed by atoms with Gasteiger partial charge in [-0.15, -0.1) is 0 Å². The van der Waals surface area contributed by atoms with Crippen LogP contribution in [0, 0.1) is 18.8 Å². The Balaban J connectivity index is 2.19. The fraction of sp³-hybridized carbons (Fsp3) is 0.471. The molecule has 0 bridgehead atoms. The van der Waals surface area contributed by atoms with E-state index < -0.39 is 0 Å². The second kappa shape index (κ2) is 3.81. The van der Waals surface area contributed by atoms with Crippen LogP contribution in [0.25, 0.3) is 0 Å². The van der Waals surface area contributed by atoms with Crippen molar-refractivity contribution in [2.75, 3.05) is 0 Å². The average molecular weight is 240 g/mol. The van der Waals surface area contributed by atoms with Crippen LogP contribution in [0.4, 0.5) is 0 Å². The van der Waals surface area contributed by atoms with E-state index in [1.165, 1.54) is 16.7 Å². The Kier molecular flexibility index (Phi) is 2.48. The summed E-state index contributed by atoms with van der Waals surface area (Å²) in [5, 5.41) is 0. The number of ketones is 1. The fourth-order valence-corrected chi connectivity index (χ4v) is 3.81. The van der Waals surface area contributed by atoms with Crippen LogP contribution in [-0.4, -0.2) is 5.78 Å². The van der Waals surface area contributed by atoms with E-state index in [1.807, 2.05) is 0 Å². The van der Waals surface area contributed by atoms with Crippen LogP contribution in [0.1, 0.15) is 37.0 Å². The average Bonchev–Trinajstić information content (AvgIpc) is 2.35. The van der Waals surface area contributed by atoms with E-state index in [0.29, 0.717) is 11.7 Å². The summed E-state index contributed by atoms with van der Waals surface area (Å²) < 4.78 is 0. The predicted octanol–water partition coefficient (Wildman–Crippen LogP) is 3.59. The highest BCUT2D eigenvalue weighted by Crippen LogP contribution is 2.48. The smallest absolute Gasteiger partial charge is 0.158 e. The first-order valence-electron chi connectivity index (χ1n) is 6.85. The van der Waals surface area contributed by atoms with E-state index in [2.05, 4.69) is 45.0 Å². The largest absolute Gasteiger partial charge is 0.295 e. The number of aryl methyl sites for hydroxylation is 2. The zero-order valence-electron chi connectivity index (χ0n) is 11.4. The number of benzene rings is 1. The fourth-order valence-electron chi connectivity index (χ4n) is 3.81. The highest BCUT2D eigenvalue weighted by molar-refractivity contribution is 5.93. The van der Waals surface area contributed by atoms with Crippen molar-refractivity contribution >= 4 is 5.78 Å². The van der Waals surface area contributed by atoms with Crippen molar-refractivity contribution in [3.05, 3.63) is 47.0 Å². The summed E-state index contributed by atoms with van der Waals surface area (Å²) in [4.78, 5) is 11.9. The zero-order chi connectivity index (χ0) is 12.9. The number of fused-ring (bicyclic) bond motifs is 3. The third kappa shape index (κ3) is 1.50. The molecule has 0 aliphatic heterocycles. The first-order chi connectivity index (χ1) is 8.52. The Morgan fingerprint density at radius 1 is 1.33 bits per heavy atom. The summed E-state index contributed by atoms with van der Waals surface area (Å²) >= 11 is 0. The Hall–Kier alpha value is -1.37. The topological polar surface area (TPSA) is 17.1 Å². The van der Waals surface area contributed by atoms with Gasteiger partial charge < -0.3 is 0 Å². The first kappa shape index (κ1) is 11.7. The predicted molar refractivity (Wildman–Crippen MR) is 73.7 cm³/mol. The van der Waals surface area contributed by atoms with Gasteiger partial charge in [-0.25, -0.2) is 0 Å². The zero-order valence-corrected chi connectivity index (χ0v) is 11.4. The summed E-state index contributed by atoms with van der Waals surface area (Å²) in [6, 6.07) is 6.78. The van der Waals surface area contributed by atoms with Crippen LogP contribution in [0.15, 0.2) is 30.4 Å². The number of carbonyl (C=O) groups excluding carboxylic acids is 1. The molecule has 0 saturated heterocycles. The lowest BCUT2D eigenvalue weighted by Crippen LogP contribution is -2.43. The minimum absolute atomic E-state index is 0.0485. The quantitative estimate of drug-likeness (QED) is 0.677. The van der Waals surface area contributed by atoms with Crippen molar-refractivity contribution in [2.24, 2.45) is 11.8 Å². The van der Waals surface area contributed by atoms with Crippen LogP contribution in [-0.2, 0) is 16.6 Å². The summed E-state index contributed by atoms with van der Waals surface area (Å²) in [7, 11) is 0. The van der Waals surface area contributed by atoms with Gasteiger partial charge in [0.15, 0.2) is 5.78 Å². The van der Waals surface area contributed by atoms with Gasteiger partial charge in [-0.05, 0) is 42.9 Å². The number of hydrogen-bond donors (Lipinski definition) is 0. The molecule has 0 N–H and O–H groups in total. The van der Waals surface area contributed by atoms with Crippen molar-refractivity contribution < 1.29 is 4.79 Å². The maximum Gasteiger partial charge on any atom is 0.158 e. The molecular formula is C17H20O. The summed E-state index contributed by atoms with van der Waals surface area (Å²) in [5.74, 6) is 0.923. The van der Waals surface area contributed by atoms with E-state index in [9.17, 15) is 4.79 Å². The number of allylic oxidation sites excluding steroid dienone is 2. The molecule has 1 aromatic carbocycles. The van der Waals surface area contributed by atoms with Gasteiger partial charge >= 0.3 is 0 Å². The molecule has 0 spiro atoms. The Labute approximate surface area is 109 Å². The van der Waals surface area contributed by atoms with Gasteiger partial charge in [-0.1, -0.05) is 43.7 Å². The molecule has 0 heterocycles. The van der Waals surface area contributed by atoms with Gasteiger partial charge in [0.25, 0.3) is 0 Å². The lowest BCUT2D eigenvalue weighted by molar-refractivity contribution is -0.120. The van der Waals surface area contributed by atoms with Crippen LogP contribution in [0.2, 0.25) is 0 Å². The van der Waals surface area contributed by atoms with Gasteiger partial charge in [0, 0.05) is 11.3 Å². The minimum atomic E-state index is 0.0485. The maximum atomic E-state index is 11.9. The minimum Gasteiger partial charge on any atom is -0.295 e. The van der Waals surface area contributed by atoms with Crippen LogP contribution in [0.5, 0.6) is 0 Å². The SMILES string of the molecule is Cc1ccc2c(c1)C1(C)C=CC(=O)C(C)C1CC2. The molecule has 2 aliphatic rings.